The van der Waals surface area contributed by atoms with Gasteiger partial charge in [-0.25, -0.2) is 0 Å². The van der Waals surface area contributed by atoms with Gasteiger partial charge in [0.2, 0.25) is 5.91 Å². The number of rotatable bonds is 4. The first-order valence-corrected chi connectivity index (χ1v) is 5.85. The smallest absolute Gasteiger partial charge is 0.248 e. The summed E-state index contributed by atoms with van der Waals surface area (Å²) in [5, 5.41) is 6.93. The second-order valence-corrected chi connectivity index (χ2v) is 4.08. The number of anilines is 1. The van der Waals surface area contributed by atoms with Crippen LogP contribution >= 0.6 is 0 Å². The van der Waals surface area contributed by atoms with E-state index >= 15 is 0 Å². The van der Waals surface area contributed by atoms with Crippen molar-refractivity contribution in [3.63, 3.8) is 0 Å². The van der Waals surface area contributed by atoms with Crippen LogP contribution in [0.3, 0.4) is 0 Å². The molecule has 5 nitrogen and oxygen atoms in total. The van der Waals surface area contributed by atoms with Crippen molar-refractivity contribution in [1.29, 1.82) is 0 Å². The van der Waals surface area contributed by atoms with Gasteiger partial charge in [0.05, 0.1) is 24.5 Å². The second kappa shape index (κ2) is 5.63. The van der Waals surface area contributed by atoms with E-state index in [9.17, 15) is 4.79 Å². The lowest BCUT2D eigenvalue weighted by atomic mass is 10.2. The average Bonchev–Trinajstić information content (AvgIpc) is 2.91. The lowest BCUT2D eigenvalue weighted by molar-refractivity contribution is -0.111. The number of carbonyl (C=O) groups excluding carboxylic acids is 1. The Morgan fingerprint density at radius 1 is 1.76 bits per heavy atom. The number of nitrogens with zero attached hydrogens (tertiary/aromatic N) is 2. The molecule has 0 aromatic carbocycles. The fourth-order valence-electron chi connectivity index (χ4n) is 1.86. The summed E-state index contributed by atoms with van der Waals surface area (Å²) in [5.41, 5.74) is 0.714. The van der Waals surface area contributed by atoms with Gasteiger partial charge in [0.25, 0.3) is 0 Å². The lowest BCUT2D eigenvalue weighted by Crippen LogP contribution is -2.15. The van der Waals surface area contributed by atoms with Gasteiger partial charge in [0, 0.05) is 12.8 Å². The van der Waals surface area contributed by atoms with Crippen LogP contribution in [0.1, 0.15) is 19.8 Å². The van der Waals surface area contributed by atoms with Crippen LogP contribution in [0.25, 0.3) is 0 Å². The fourth-order valence-corrected chi connectivity index (χ4v) is 1.86. The van der Waals surface area contributed by atoms with Crippen molar-refractivity contribution in [3.05, 3.63) is 24.5 Å². The summed E-state index contributed by atoms with van der Waals surface area (Å²) in [4.78, 5) is 11.3. The van der Waals surface area contributed by atoms with Gasteiger partial charge >= 0.3 is 0 Å². The van der Waals surface area contributed by atoms with Crippen LogP contribution in [0.15, 0.2) is 24.5 Å². The topological polar surface area (TPSA) is 56.2 Å². The first kappa shape index (κ1) is 11.9. The fraction of sp³-hybridized carbons (Fsp3) is 0.500. The number of ether oxygens (including phenoxy) is 1. The Bertz CT molecular complexity index is 406. The van der Waals surface area contributed by atoms with Crippen molar-refractivity contribution in [2.45, 2.75) is 32.4 Å². The van der Waals surface area contributed by atoms with Gasteiger partial charge in [-0.2, -0.15) is 5.10 Å². The number of amides is 1. The molecule has 2 rings (SSSR count). The third-order valence-corrected chi connectivity index (χ3v) is 2.63. The molecule has 0 radical (unpaired) electrons. The van der Waals surface area contributed by atoms with Crippen LogP contribution in [-0.4, -0.2) is 28.4 Å². The van der Waals surface area contributed by atoms with E-state index < -0.39 is 0 Å². The Balaban J connectivity index is 1.88. The molecule has 2 heterocycles. The molecule has 1 aromatic heterocycles. The maximum absolute atomic E-state index is 11.3. The second-order valence-electron chi connectivity index (χ2n) is 4.08. The molecule has 1 unspecified atom stereocenters. The molecule has 1 fully saturated rings. The van der Waals surface area contributed by atoms with Crippen LogP contribution < -0.4 is 5.32 Å². The first-order valence-electron chi connectivity index (χ1n) is 5.85. The lowest BCUT2D eigenvalue weighted by Gasteiger charge is -2.08. The Labute approximate surface area is 100 Å². The predicted octanol–water partition coefficient (Wildman–Crippen LogP) is 1.58. The number of allylic oxidation sites excluding steroid dienone is 1. The molecule has 1 aliphatic heterocycles. The Morgan fingerprint density at radius 2 is 2.65 bits per heavy atom. The number of carbonyl (C=O) groups is 1. The van der Waals surface area contributed by atoms with Crippen molar-refractivity contribution in [2.24, 2.45) is 0 Å². The monoisotopic (exact) mass is 235 g/mol. The minimum Gasteiger partial charge on any atom is -0.376 e. The van der Waals surface area contributed by atoms with Gasteiger partial charge in [0.1, 0.15) is 0 Å². The van der Waals surface area contributed by atoms with Gasteiger partial charge in [0.15, 0.2) is 0 Å². The molecule has 1 aliphatic rings. The largest absolute Gasteiger partial charge is 0.376 e. The Kier molecular flexibility index (Phi) is 3.93. The molecular weight excluding hydrogens is 218 g/mol. The highest BCUT2D eigenvalue weighted by molar-refractivity contribution is 5.98. The van der Waals surface area contributed by atoms with E-state index in [1.807, 2.05) is 6.20 Å². The molecule has 92 valence electrons. The van der Waals surface area contributed by atoms with Crippen LogP contribution in [-0.2, 0) is 16.1 Å². The summed E-state index contributed by atoms with van der Waals surface area (Å²) < 4.78 is 7.33. The molecule has 1 atom stereocenters. The van der Waals surface area contributed by atoms with Crippen LogP contribution in [0.5, 0.6) is 0 Å². The highest BCUT2D eigenvalue weighted by atomic mass is 16.5. The average molecular weight is 235 g/mol. The highest BCUT2D eigenvalue weighted by Gasteiger charge is 2.16. The van der Waals surface area contributed by atoms with E-state index in [0.717, 1.165) is 26.0 Å². The molecule has 0 saturated carbocycles. The number of aromatic nitrogens is 2. The maximum atomic E-state index is 11.3. The number of hydrogen-bond acceptors (Lipinski definition) is 3. The van der Waals surface area contributed by atoms with Crippen LogP contribution in [0, 0.1) is 0 Å². The normalized spacial score (nSPS) is 19.9. The summed E-state index contributed by atoms with van der Waals surface area (Å²) >= 11 is 0. The standard InChI is InChI=1S/C12H17N3O2/c1-2-4-12(16)14-10-7-13-15(8-10)9-11-5-3-6-17-11/h2,4,7-8,11H,3,5-6,9H2,1H3,(H,14,16). The molecule has 17 heavy (non-hydrogen) atoms. The number of nitrogens with one attached hydrogen (secondary N) is 1. The minimum atomic E-state index is -0.135. The minimum absolute atomic E-state index is 0.135. The molecule has 1 N–H and O–H groups in total. The molecule has 1 amide bonds. The first-order chi connectivity index (χ1) is 8.28. The quantitative estimate of drug-likeness (QED) is 0.806. The van der Waals surface area contributed by atoms with Crippen molar-refractivity contribution in [1.82, 2.24) is 9.78 Å². The van der Waals surface area contributed by atoms with Crippen molar-refractivity contribution >= 4 is 11.6 Å². The van der Waals surface area contributed by atoms with Gasteiger partial charge in [-0.05, 0) is 25.8 Å². The molecular formula is C12H17N3O2. The Morgan fingerprint density at radius 3 is 3.35 bits per heavy atom. The van der Waals surface area contributed by atoms with Gasteiger partial charge in [-0.15, -0.1) is 0 Å². The summed E-state index contributed by atoms with van der Waals surface area (Å²) in [6, 6.07) is 0. The van der Waals surface area contributed by atoms with Gasteiger partial charge in [-0.3, -0.25) is 9.48 Å². The zero-order valence-corrected chi connectivity index (χ0v) is 9.93. The van der Waals surface area contributed by atoms with Crippen molar-refractivity contribution in [2.75, 3.05) is 11.9 Å². The molecule has 1 aromatic rings. The molecule has 1 saturated heterocycles. The molecule has 0 spiro atoms. The van der Waals surface area contributed by atoms with E-state index in [0.29, 0.717) is 5.69 Å². The predicted molar refractivity (Wildman–Crippen MR) is 64.6 cm³/mol. The zero-order valence-electron chi connectivity index (χ0n) is 9.93. The van der Waals surface area contributed by atoms with E-state index in [2.05, 4.69) is 10.4 Å². The molecule has 0 bridgehead atoms. The maximum Gasteiger partial charge on any atom is 0.248 e. The third kappa shape index (κ3) is 3.42. The highest BCUT2D eigenvalue weighted by Crippen LogP contribution is 2.14. The molecule has 0 aliphatic carbocycles. The summed E-state index contributed by atoms with van der Waals surface area (Å²) in [7, 11) is 0. The van der Waals surface area contributed by atoms with E-state index in [1.165, 1.54) is 6.08 Å². The molecule has 5 heteroatoms. The van der Waals surface area contributed by atoms with Gasteiger partial charge < -0.3 is 10.1 Å². The van der Waals surface area contributed by atoms with Crippen molar-refractivity contribution < 1.29 is 9.53 Å². The van der Waals surface area contributed by atoms with E-state index in [1.54, 1.807) is 23.9 Å². The number of hydrogen-bond donors (Lipinski definition) is 1. The summed E-state index contributed by atoms with van der Waals surface area (Å²) in [6.45, 7) is 3.40. The van der Waals surface area contributed by atoms with E-state index in [4.69, 9.17) is 4.74 Å². The van der Waals surface area contributed by atoms with E-state index in [-0.39, 0.29) is 12.0 Å². The van der Waals surface area contributed by atoms with Crippen molar-refractivity contribution in [3.8, 4) is 0 Å². The van der Waals surface area contributed by atoms with Crippen LogP contribution in [0.4, 0.5) is 5.69 Å². The third-order valence-electron chi connectivity index (χ3n) is 2.63. The SMILES string of the molecule is CC=CC(=O)Nc1cnn(CC2CCCO2)c1. The summed E-state index contributed by atoms with van der Waals surface area (Å²) in [5.74, 6) is -0.135. The van der Waals surface area contributed by atoms with Gasteiger partial charge in [-0.1, -0.05) is 6.08 Å². The zero-order chi connectivity index (χ0) is 12.1. The Hall–Kier alpha value is -1.62. The van der Waals surface area contributed by atoms with Crippen LogP contribution in [0.2, 0.25) is 0 Å². The summed E-state index contributed by atoms with van der Waals surface area (Å²) in [6.07, 6.45) is 9.12.